The highest BCUT2D eigenvalue weighted by Gasteiger charge is 2.09. The van der Waals surface area contributed by atoms with Gasteiger partial charge < -0.3 is 10.1 Å². The number of hydrogen-bond donors (Lipinski definition) is 1. The molecule has 0 saturated carbocycles. The molecule has 1 N–H and O–H groups in total. The van der Waals surface area contributed by atoms with E-state index in [-0.39, 0.29) is 6.10 Å². The third-order valence-corrected chi connectivity index (χ3v) is 2.25. The molecule has 0 unspecified atom stereocenters. The summed E-state index contributed by atoms with van der Waals surface area (Å²) in [7, 11) is 0. The second-order valence-electron chi connectivity index (χ2n) is 4.18. The Hall–Kier alpha value is -1.78. The number of rotatable bonds is 5. The summed E-state index contributed by atoms with van der Waals surface area (Å²) >= 11 is 0. The van der Waals surface area contributed by atoms with Crippen molar-refractivity contribution in [2.45, 2.75) is 33.3 Å². The molecule has 5 heteroatoms. The van der Waals surface area contributed by atoms with Crippen LogP contribution in [0.2, 0.25) is 0 Å². The van der Waals surface area contributed by atoms with E-state index >= 15 is 0 Å². The summed E-state index contributed by atoms with van der Waals surface area (Å²) in [4.78, 5) is 8.67. The zero-order chi connectivity index (χ0) is 12.3. The molecule has 2 rings (SSSR count). The summed E-state index contributed by atoms with van der Waals surface area (Å²) in [6.45, 7) is 6.98. The molecule has 2 aromatic rings. The summed E-state index contributed by atoms with van der Waals surface area (Å²) in [5.41, 5.74) is 0.751. The van der Waals surface area contributed by atoms with Gasteiger partial charge in [-0.15, -0.1) is 0 Å². The minimum absolute atomic E-state index is 0.0874. The van der Waals surface area contributed by atoms with Crippen molar-refractivity contribution in [3.05, 3.63) is 18.6 Å². The van der Waals surface area contributed by atoms with E-state index in [0.717, 1.165) is 24.4 Å². The van der Waals surface area contributed by atoms with Gasteiger partial charge in [0.05, 0.1) is 12.3 Å². The van der Waals surface area contributed by atoms with Gasteiger partial charge in [0.2, 0.25) is 5.65 Å². The first-order valence-electron chi connectivity index (χ1n) is 5.95. The van der Waals surface area contributed by atoms with Gasteiger partial charge in [0, 0.05) is 18.9 Å². The molecule has 0 fully saturated rings. The predicted molar refractivity (Wildman–Crippen MR) is 67.5 cm³/mol. The highest BCUT2D eigenvalue weighted by molar-refractivity contribution is 5.53. The molecular weight excluding hydrogens is 216 g/mol. The minimum Gasteiger partial charge on any atom is -0.472 e. The number of hydrogen-bond acceptors (Lipinski definition) is 4. The molecule has 0 bridgehead atoms. The van der Waals surface area contributed by atoms with Gasteiger partial charge in [0.25, 0.3) is 5.88 Å². The van der Waals surface area contributed by atoms with Crippen molar-refractivity contribution < 1.29 is 4.74 Å². The van der Waals surface area contributed by atoms with Gasteiger partial charge in [-0.1, -0.05) is 6.92 Å². The monoisotopic (exact) mass is 234 g/mol. The molecule has 0 aliphatic carbocycles. The van der Waals surface area contributed by atoms with E-state index in [1.54, 1.807) is 6.20 Å². The molecule has 5 nitrogen and oxygen atoms in total. The Morgan fingerprint density at radius 3 is 3.00 bits per heavy atom. The molecule has 0 atom stereocenters. The maximum Gasteiger partial charge on any atom is 0.260 e. The number of imidazole rings is 1. The summed E-state index contributed by atoms with van der Waals surface area (Å²) < 4.78 is 7.59. The first-order chi connectivity index (χ1) is 8.20. The molecule has 2 aromatic heterocycles. The standard InChI is InChI=1S/C12H18N4O/c1-4-5-13-10-8-16-7-6-14-11(16)12(15-10)17-9(2)3/h6-9,13H,4-5H2,1-3H3. The van der Waals surface area contributed by atoms with Crippen molar-refractivity contribution in [1.29, 1.82) is 0 Å². The fraction of sp³-hybridized carbons (Fsp3) is 0.500. The zero-order valence-electron chi connectivity index (χ0n) is 10.5. The Balaban J connectivity index is 2.36. The van der Waals surface area contributed by atoms with E-state index in [1.165, 1.54) is 0 Å². The van der Waals surface area contributed by atoms with Crippen LogP contribution in [0, 0.1) is 0 Å². The lowest BCUT2D eigenvalue weighted by molar-refractivity contribution is 0.234. The van der Waals surface area contributed by atoms with Gasteiger partial charge in [0.15, 0.2) is 0 Å². The molecular formula is C12H18N4O. The lowest BCUT2D eigenvalue weighted by Crippen LogP contribution is -2.10. The molecule has 0 amide bonds. The fourth-order valence-electron chi connectivity index (χ4n) is 1.54. The average molecular weight is 234 g/mol. The zero-order valence-corrected chi connectivity index (χ0v) is 10.5. The predicted octanol–water partition coefficient (Wildman–Crippen LogP) is 2.34. The van der Waals surface area contributed by atoms with E-state index < -0.39 is 0 Å². The van der Waals surface area contributed by atoms with Crippen molar-refractivity contribution in [3.8, 4) is 5.88 Å². The molecule has 0 saturated heterocycles. The molecule has 92 valence electrons. The summed E-state index contributed by atoms with van der Waals surface area (Å²) in [6.07, 6.45) is 6.70. The molecule has 0 aromatic carbocycles. The van der Waals surface area contributed by atoms with Crippen LogP contribution < -0.4 is 10.1 Å². The summed E-state index contributed by atoms with van der Waals surface area (Å²) in [6, 6.07) is 0. The maximum absolute atomic E-state index is 5.67. The number of fused-ring (bicyclic) bond motifs is 1. The van der Waals surface area contributed by atoms with Crippen LogP contribution in [0.3, 0.4) is 0 Å². The van der Waals surface area contributed by atoms with Crippen LogP contribution >= 0.6 is 0 Å². The normalized spacial score (nSPS) is 11.1. The molecule has 0 aliphatic heterocycles. The molecule has 0 aliphatic rings. The van der Waals surface area contributed by atoms with Gasteiger partial charge in [-0.3, -0.25) is 4.40 Å². The number of nitrogens with one attached hydrogen (secondary N) is 1. The quantitative estimate of drug-likeness (QED) is 0.862. The van der Waals surface area contributed by atoms with E-state index in [9.17, 15) is 0 Å². The third kappa shape index (κ3) is 2.67. The van der Waals surface area contributed by atoms with Crippen LogP contribution in [0.25, 0.3) is 5.65 Å². The van der Waals surface area contributed by atoms with Gasteiger partial charge in [-0.05, 0) is 20.3 Å². The average Bonchev–Trinajstić information content (AvgIpc) is 2.73. The van der Waals surface area contributed by atoms with E-state index in [0.29, 0.717) is 5.88 Å². The SMILES string of the molecule is CCCNc1cn2ccnc2c(OC(C)C)n1. The molecule has 0 spiro atoms. The number of anilines is 1. The van der Waals surface area contributed by atoms with Crippen molar-refractivity contribution >= 4 is 11.5 Å². The minimum atomic E-state index is 0.0874. The summed E-state index contributed by atoms with van der Waals surface area (Å²) in [5, 5.41) is 3.25. The number of nitrogens with zero attached hydrogens (tertiary/aromatic N) is 3. The van der Waals surface area contributed by atoms with Gasteiger partial charge >= 0.3 is 0 Å². The smallest absolute Gasteiger partial charge is 0.260 e. The Morgan fingerprint density at radius 1 is 1.47 bits per heavy atom. The number of ether oxygens (including phenoxy) is 1. The van der Waals surface area contributed by atoms with E-state index in [1.807, 2.05) is 30.6 Å². The number of aromatic nitrogens is 3. The molecule has 17 heavy (non-hydrogen) atoms. The maximum atomic E-state index is 5.67. The second-order valence-corrected chi connectivity index (χ2v) is 4.18. The highest BCUT2D eigenvalue weighted by atomic mass is 16.5. The van der Waals surface area contributed by atoms with Gasteiger partial charge in [0.1, 0.15) is 5.82 Å². The van der Waals surface area contributed by atoms with Crippen LogP contribution in [0.1, 0.15) is 27.2 Å². The lowest BCUT2D eigenvalue weighted by atomic mass is 10.4. The first kappa shape index (κ1) is 11.7. The van der Waals surface area contributed by atoms with E-state index in [2.05, 4.69) is 22.2 Å². The highest BCUT2D eigenvalue weighted by Crippen LogP contribution is 2.19. The Morgan fingerprint density at radius 2 is 2.29 bits per heavy atom. The van der Waals surface area contributed by atoms with E-state index in [4.69, 9.17) is 4.74 Å². The first-order valence-corrected chi connectivity index (χ1v) is 5.95. The van der Waals surface area contributed by atoms with Crippen LogP contribution in [0.15, 0.2) is 18.6 Å². The van der Waals surface area contributed by atoms with Crippen LogP contribution in [0.4, 0.5) is 5.82 Å². The van der Waals surface area contributed by atoms with Crippen molar-refractivity contribution in [3.63, 3.8) is 0 Å². The Labute approximate surface area is 101 Å². The second kappa shape index (κ2) is 5.03. The Kier molecular flexibility index (Phi) is 3.46. The topological polar surface area (TPSA) is 51.5 Å². The van der Waals surface area contributed by atoms with Gasteiger partial charge in [-0.2, -0.15) is 4.98 Å². The van der Waals surface area contributed by atoms with Crippen molar-refractivity contribution in [1.82, 2.24) is 14.4 Å². The summed E-state index contributed by atoms with van der Waals surface area (Å²) in [5.74, 6) is 1.39. The fourth-order valence-corrected chi connectivity index (χ4v) is 1.54. The van der Waals surface area contributed by atoms with Crippen LogP contribution in [0.5, 0.6) is 5.88 Å². The van der Waals surface area contributed by atoms with Crippen molar-refractivity contribution in [2.24, 2.45) is 0 Å². The van der Waals surface area contributed by atoms with Crippen molar-refractivity contribution in [2.75, 3.05) is 11.9 Å². The molecule has 2 heterocycles. The third-order valence-electron chi connectivity index (χ3n) is 2.25. The van der Waals surface area contributed by atoms with Crippen LogP contribution in [-0.4, -0.2) is 27.0 Å². The van der Waals surface area contributed by atoms with Gasteiger partial charge in [-0.25, -0.2) is 4.98 Å². The Bertz CT molecular complexity index is 492. The molecule has 0 radical (unpaired) electrons. The lowest BCUT2D eigenvalue weighted by Gasteiger charge is -2.12. The largest absolute Gasteiger partial charge is 0.472 e. The van der Waals surface area contributed by atoms with Crippen LogP contribution in [-0.2, 0) is 0 Å².